The van der Waals surface area contributed by atoms with E-state index in [1.54, 1.807) is 7.11 Å². The number of nitrogens with two attached hydrogens (primary N) is 1. The van der Waals surface area contributed by atoms with E-state index in [9.17, 15) is 0 Å². The number of hydrogen-bond donors (Lipinski definition) is 1. The van der Waals surface area contributed by atoms with Crippen molar-refractivity contribution >= 4 is 10.9 Å². The zero-order chi connectivity index (χ0) is 10.1. The molecule has 2 N–H and O–H groups in total. The minimum atomic E-state index is 0.498. The summed E-state index contributed by atoms with van der Waals surface area (Å²) >= 11 is 0. The van der Waals surface area contributed by atoms with Crippen molar-refractivity contribution in [3.63, 3.8) is 0 Å². The number of aryl methyl sites for hydroxylation is 1. The highest BCUT2D eigenvalue weighted by Gasteiger charge is 2.08. The lowest BCUT2D eigenvalue weighted by molar-refractivity contribution is 0.410. The Morgan fingerprint density at radius 1 is 1.36 bits per heavy atom. The van der Waals surface area contributed by atoms with Gasteiger partial charge in [0.2, 0.25) is 0 Å². The average Bonchev–Trinajstić information content (AvgIpc) is 2.59. The van der Waals surface area contributed by atoms with Crippen LogP contribution in [-0.4, -0.2) is 11.7 Å². The summed E-state index contributed by atoms with van der Waals surface area (Å²) in [6.07, 6.45) is 2.03. The van der Waals surface area contributed by atoms with Crippen LogP contribution >= 0.6 is 0 Å². The first kappa shape index (κ1) is 9.09. The average molecular weight is 190 g/mol. The Labute approximate surface area is 83.1 Å². The van der Waals surface area contributed by atoms with Crippen LogP contribution < -0.4 is 10.5 Å². The monoisotopic (exact) mass is 190 g/mol. The van der Waals surface area contributed by atoms with E-state index in [0.29, 0.717) is 6.54 Å². The fraction of sp³-hybridized carbons (Fsp3) is 0.273. The Hall–Kier alpha value is -1.48. The predicted octanol–water partition coefficient (Wildman–Crippen LogP) is 1.65. The highest BCUT2D eigenvalue weighted by Crippen LogP contribution is 2.27. The van der Waals surface area contributed by atoms with Crippen molar-refractivity contribution in [3.05, 3.63) is 30.0 Å². The van der Waals surface area contributed by atoms with Crippen LogP contribution in [0.15, 0.2) is 24.4 Å². The molecule has 74 valence electrons. The van der Waals surface area contributed by atoms with Crippen LogP contribution in [0.5, 0.6) is 5.75 Å². The molecule has 0 fully saturated rings. The molecule has 0 bridgehead atoms. The molecule has 0 atom stereocenters. The SMILES string of the molecule is COc1ccc2ccn(C)c2c1CN. The number of aromatic nitrogens is 1. The molecule has 0 radical (unpaired) electrons. The van der Waals surface area contributed by atoms with Gasteiger partial charge < -0.3 is 15.0 Å². The first-order valence-corrected chi connectivity index (χ1v) is 4.59. The van der Waals surface area contributed by atoms with E-state index in [-0.39, 0.29) is 0 Å². The summed E-state index contributed by atoms with van der Waals surface area (Å²) in [5.74, 6) is 0.863. The summed E-state index contributed by atoms with van der Waals surface area (Å²) in [7, 11) is 3.68. The molecule has 0 amide bonds. The maximum Gasteiger partial charge on any atom is 0.125 e. The summed E-state index contributed by atoms with van der Waals surface area (Å²) in [5, 5.41) is 1.20. The maximum atomic E-state index is 5.73. The molecule has 0 spiro atoms. The summed E-state index contributed by atoms with van der Waals surface area (Å²) in [6, 6.07) is 6.09. The molecule has 1 aromatic carbocycles. The molecule has 1 heterocycles. The van der Waals surface area contributed by atoms with E-state index in [1.807, 2.05) is 25.4 Å². The first-order chi connectivity index (χ1) is 6.77. The van der Waals surface area contributed by atoms with Crippen molar-refractivity contribution in [1.82, 2.24) is 4.57 Å². The Morgan fingerprint density at radius 3 is 2.79 bits per heavy atom. The lowest BCUT2D eigenvalue weighted by Crippen LogP contribution is -2.02. The van der Waals surface area contributed by atoms with Gasteiger partial charge >= 0.3 is 0 Å². The van der Waals surface area contributed by atoms with Crippen molar-refractivity contribution < 1.29 is 4.74 Å². The second-order valence-electron chi connectivity index (χ2n) is 3.31. The van der Waals surface area contributed by atoms with Crippen LogP contribution in [-0.2, 0) is 13.6 Å². The summed E-state index contributed by atoms with van der Waals surface area (Å²) in [5.41, 5.74) is 7.95. The highest BCUT2D eigenvalue weighted by molar-refractivity contribution is 5.85. The van der Waals surface area contributed by atoms with Gasteiger partial charge in [-0.15, -0.1) is 0 Å². The quantitative estimate of drug-likeness (QED) is 0.782. The molecule has 3 heteroatoms. The molecule has 2 rings (SSSR count). The van der Waals surface area contributed by atoms with Crippen molar-refractivity contribution in [1.29, 1.82) is 0 Å². The number of benzene rings is 1. The smallest absolute Gasteiger partial charge is 0.125 e. The van der Waals surface area contributed by atoms with Crippen LogP contribution in [0.4, 0.5) is 0 Å². The van der Waals surface area contributed by atoms with Crippen LogP contribution in [0, 0.1) is 0 Å². The number of methoxy groups -OCH3 is 1. The van der Waals surface area contributed by atoms with Gasteiger partial charge in [-0.05, 0) is 18.2 Å². The zero-order valence-corrected chi connectivity index (χ0v) is 8.45. The standard InChI is InChI=1S/C11H14N2O/c1-13-6-5-8-3-4-10(14-2)9(7-12)11(8)13/h3-6H,7,12H2,1-2H3. The molecule has 14 heavy (non-hydrogen) atoms. The fourth-order valence-electron chi connectivity index (χ4n) is 1.84. The first-order valence-electron chi connectivity index (χ1n) is 4.59. The number of ether oxygens (including phenoxy) is 1. The summed E-state index contributed by atoms with van der Waals surface area (Å²) in [4.78, 5) is 0. The molecule has 0 saturated heterocycles. The van der Waals surface area contributed by atoms with Gasteiger partial charge in [-0.2, -0.15) is 0 Å². The molecule has 1 aromatic heterocycles. The van der Waals surface area contributed by atoms with Crippen molar-refractivity contribution in [2.45, 2.75) is 6.54 Å². The topological polar surface area (TPSA) is 40.2 Å². The molecule has 3 nitrogen and oxygen atoms in total. The minimum absolute atomic E-state index is 0.498. The Bertz CT molecular complexity index is 460. The van der Waals surface area contributed by atoms with E-state index in [2.05, 4.69) is 10.6 Å². The van der Waals surface area contributed by atoms with Gasteiger partial charge in [0.1, 0.15) is 5.75 Å². The summed E-state index contributed by atoms with van der Waals surface area (Å²) < 4.78 is 7.34. The maximum absolute atomic E-state index is 5.73. The molecule has 0 saturated carbocycles. The van der Waals surface area contributed by atoms with E-state index < -0.39 is 0 Å². The third kappa shape index (κ3) is 1.17. The second-order valence-corrected chi connectivity index (χ2v) is 3.31. The zero-order valence-electron chi connectivity index (χ0n) is 8.45. The van der Waals surface area contributed by atoms with Gasteiger partial charge in [0, 0.05) is 30.7 Å². The number of fused-ring (bicyclic) bond motifs is 1. The van der Waals surface area contributed by atoms with E-state index in [4.69, 9.17) is 10.5 Å². The van der Waals surface area contributed by atoms with Gasteiger partial charge in [0.15, 0.2) is 0 Å². The lowest BCUT2D eigenvalue weighted by atomic mass is 10.1. The van der Waals surface area contributed by atoms with Gasteiger partial charge in [0.25, 0.3) is 0 Å². The van der Waals surface area contributed by atoms with Crippen LogP contribution in [0.2, 0.25) is 0 Å². The predicted molar refractivity (Wildman–Crippen MR) is 57.4 cm³/mol. The minimum Gasteiger partial charge on any atom is -0.496 e. The molecule has 0 aliphatic rings. The van der Waals surface area contributed by atoms with Gasteiger partial charge in [-0.1, -0.05) is 0 Å². The third-order valence-electron chi connectivity index (χ3n) is 2.53. The second kappa shape index (κ2) is 3.35. The normalized spacial score (nSPS) is 10.8. The molecular weight excluding hydrogens is 176 g/mol. The van der Waals surface area contributed by atoms with Gasteiger partial charge in [0.05, 0.1) is 12.6 Å². The van der Waals surface area contributed by atoms with Crippen molar-refractivity contribution in [2.75, 3.05) is 7.11 Å². The van der Waals surface area contributed by atoms with Gasteiger partial charge in [-0.25, -0.2) is 0 Å². The Balaban J connectivity index is 2.81. The largest absolute Gasteiger partial charge is 0.496 e. The fourth-order valence-corrected chi connectivity index (χ4v) is 1.84. The third-order valence-corrected chi connectivity index (χ3v) is 2.53. The van der Waals surface area contributed by atoms with E-state index in [1.165, 1.54) is 5.39 Å². The molecule has 2 aromatic rings. The molecule has 0 unspecified atom stereocenters. The van der Waals surface area contributed by atoms with Crippen LogP contribution in [0.25, 0.3) is 10.9 Å². The van der Waals surface area contributed by atoms with Crippen molar-refractivity contribution in [3.8, 4) is 5.75 Å². The number of hydrogen-bond acceptors (Lipinski definition) is 2. The lowest BCUT2D eigenvalue weighted by Gasteiger charge is -2.09. The Kier molecular flexibility index (Phi) is 2.17. The highest BCUT2D eigenvalue weighted by atomic mass is 16.5. The summed E-state index contributed by atoms with van der Waals surface area (Å²) in [6.45, 7) is 0.498. The van der Waals surface area contributed by atoms with E-state index >= 15 is 0 Å². The van der Waals surface area contributed by atoms with Gasteiger partial charge in [-0.3, -0.25) is 0 Å². The molecule has 0 aliphatic carbocycles. The van der Waals surface area contributed by atoms with Crippen LogP contribution in [0.3, 0.4) is 0 Å². The van der Waals surface area contributed by atoms with Crippen LogP contribution in [0.1, 0.15) is 5.56 Å². The molecular formula is C11H14N2O. The Morgan fingerprint density at radius 2 is 2.14 bits per heavy atom. The van der Waals surface area contributed by atoms with Crippen molar-refractivity contribution in [2.24, 2.45) is 12.8 Å². The molecule has 0 aliphatic heterocycles. The number of nitrogens with zero attached hydrogens (tertiary/aromatic N) is 1. The van der Waals surface area contributed by atoms with E-state index in [0.717, 1.165) is 16.8 Å². The number of rotatable bonds is 2.